The molecule has 0 aliphatic carbocycles. The monoisotopic (exact) mass is 530 g/mol. The van der Waals surface area contributed by atoms with Crippen LogP contribution in [0.3, 0.4) is 0 Å². The topological polar surface area (TPSA) is 205 Å². The second-order valence-electron chi connectivity index (χ2n) is 7.01. The van der Waals surface area contributed by atoms with Crippen LogP contribution in [0.2, 0.25) is 0 Å². The summed E-state index contributed by atoms with van der Waals surface area (Å²) in [7, 11) is 1.27. The summed E-state index contributed by atoms with van der Waals surface area (Å²) in [5, 5.41) is 31.2. The number of carboxylic acids is 1. The largest absolute Gasteiger partial charge is 1.00 e. The summed E-state index contributed by atoms with van der Waals surface area (Å²) in [5.74, 6) is -2.35. The van der Waals surface area contributed by atoms with Crippen molar-refractivity contribution in [2.75, 3.05) is 19.4 Å². The zero-order valence-corrected chi connectivity index (χ0v) is 22.3. The minimum atomic E-state index is -1.49. The predicted molar refractivity (Wildman–Crippen MR) is 117 cm³/mol. The predicted octanol–water partition coefficient (Wildman–Crippen LogP) is -4.94. The van der Waals surface area contributed by atoms with Crippen molar-refractivity contribution in [2.24, 2.45) is 10.9 Å². The van der Waals surface area contributed by atoms with Gasteiger partial charge in [0.05, 0.1) is 17.9 Å². The molecule has 2 unspecified atom stereocenters. The van der Waals surface area contributed by atoms with Gasteiger partial charge in [0.25, 0.3) is 11.8 Å². The summed E-state index contributed by atoms with van der Waals surface area (Å²) in [5.41, 5.74) is 5.83. The molecule has 0 aromatic carbocycles. The van der Waals surface area contributed by atoms with E-state index >= 15 is 0 Å². The van der Waals surface area contributed by atoms with Crippen LogP contribution < -0.4 is 45.7 Å². The fraction of sp³-hybridized carbons (Fsp3) is 0.389. The average Bonchev–Trinajstić information content (AvgIpc) is 3.54. The standard InChI is InChI=1S/C18H20N8O6S2.Na/c1-31-23-11(9-3-2-6-32-9)14(27)20-12-15(28)26-13(17(29)30)8(7-33-16(12)26)10(4-5-19)34-18-21-24-25-22-18;/h2-3,6,10,12,16H,4-5,7,19H2,1H3,(H,20,27)(H,29,30)(H,21,22,24,25);/q;+1/p-1/b23-11-;/t10?,12?,16-;/m0./s1. The second-order valence-corrected chi connectivity index (χ2v) is 9.31. The van der Waals surface area contributed by atoms with E-state index in [1.807, 2.05) is 0 Å². The number of oxime groups is 1. The number of nitrogens with zero attached hydrogens (tertiary/aromatic N) is 5. The van der Waals surface area contributed by atoms with Gasteiger partial charge in [-0.25, -0.2) is 5.10 Å². The molecule has 1 saturated heterocycles. The van der Waals surface area contributed by atoms with Crippen LogP contribution in [0.25, 0.3) is 0 Å². The molecule has 1 fully saturated rings. The minimum absolute atomic E-state index is 0. The number of β-lactam (4-membered cyclic amide) rings is 1. The second kappa shape index (κ2) is 12.0. The summed E-state index contributed by atoms with van der Waals surface area (Å²) in [6.07, 6.45) is 1.79. The van der Waals surface area contributed by atoms with E-state index in [0.29, 0.717) is 17.2 Å². The average molecular weight is 531 g/mol. The molecule has 2 aromatic rings. The van der Waals surface area contributed by atoms with Gasteiger partial charge in [-0.2, -0.15) is 0 Å². The Bertz CT molecular complexity index is 1130. The van der Waals surface area contributed by atoms with Crippen molar-refractivity contribution in [1.82, 2.24) is 30.8 Å². The number of hydrogen-bond acceptors (Lipinski definition) is 13. The Hall–Kier alpha value is -2.37. The van der Waals surface area contributed by atoms with Crippen LogP contribution in [0.4, 0.5) is 0 Å². The Morgan fingerprint density at radius 1 is 1.54 bits per heavy atom. The summed E-state index contributed by atoms with van der Waals surface area (Å²) < 4.78 is 5.20. The van der Waals surface area contributed by atoms with Gasteiger partial charge < -0.3 is 30.2 Å². The Morgan fingerprint density at radius 2 is 2.34 bits per heavy atom. The zero-order chi connectivity index (χ0) is 24.2. The molecule has 2 amide bonds. The molecular formula is C18H19N8NaO6S2. The fourth-order valence-corrected chi connectivity index (χ4v) is 6.15. The number of nitrogens with one attached hydrogen (secondary N) is 2. The van der Waals surface area contributed by atoms with Crippen LogP contribution >= 0.6 is 23.5 Å². The van der Waals surface area contributed by atoms with Crippen molar-refractivity contribution in [2.45, 2.75) is 28.2 Å². The maximum atomic E-state index is 13.0. The third-order valence-corrected chi connectivity index (χ3v) is 7.53. The first-order chi connectivity index (χ1) is 16.5. The molecule has 4 N–H and O–H groups in total. The van der Waals surface area contributed by atoms with Crippen molar-refractivity contribution < 1.29 is 58.3 Å². The molecule has 0 saturated carbocycles. The number of hydrogen-bond donors (Lipinski definition) is 3. The molecule has 3 atom stereocenters. The van der Waals surface area contributed by atoms with Gasteiger partial charge in [-0.3, -0.25) is 14.5 Å². The number of fused-ring (bicyclic) bond motifs is 1. The first kappa shape index (κ1) is 27.2. The van der Waals surface area contributed by atoms with Crippen LogP contribution in [-0.2, 0) is 19.2 Å². The summed E-state index contributed by atoms with van der Waals surface area (Å²) in [6, 6.07) is 2.12. The van der Waals surface area contributed by atoms with Gasteiger partial charge >= 0.3 is 29.6 Å². The molecule has 2 aromatic heterocycles. The summed E-state index contributed by atoms with van der Waals surface area (Å²) in [4.78, 5) is 43.7. The van der Waals surface area contributed by atoms with E-state index in [0.717, 1.165) is 4.90 Å². The Balaban J connectivity index is 0.00000342. The molecule has 4 rings (SSSR count). The number of thioether (sulfide) groups is 2. The molecule has 0 radical (unpaired) electrons. The summed E-state index contributed by atoms with van der Waals surface area (Å²) >= 11 is 2.53. The Kier molecular flexibility index (Phi) is 9.37. The molecule has 35 heavy (non-hydrogen) atoms. The van der Waals surface area contributed by atoms with Crippen LogP contribution in [-0.4, -0.2) is 85.1 Å². The van der Waals surface area contributed by atoms with Gasteiger partial charge in [-0.05, 0) is 41.1 Å². The maximum Gasteiger partial charge on any atom is 1.00 e. The zero-order valence-electron chi connectivity index (χ0n) is 18.7. The first-order valence-corrected chi connectivity index (χ1v) is 11.8. The number of amides is 2. The smallest absolute Gasteiger partial charge is 0.543 e. The molecular weight excluding hydrogens is 511 g/mol. The number of carboxylic acid groups (broad SMARTS) is 1. The Morgan fingerprint density at radius 3 is 2.94 bits per heavy atom. The number of aromatic amines is 1. The van der Waals surface area contributed by atoms with E-state index in [2.05, 4.69) is 31.1 Å². The third kappa shape index (κ3) is 5.57. The van der Waals surface area contributed by atoms with Crippen molar-refractivity contribution in [1.29, 1.82) is 0 Å². The van der Waals surface area contributed by atoms with Gasteiger partial charge in [0, 0.05) is 11.0 Å². The number of aromatic nitrogens is 4. The van der Waals surface area contributed by atoms with Gasteiger partial charge in [0.1, 0.15) is 18.5 Å². The number of H-pyrrole nitrogens is 1. The SMILES string of the molecule is CO/N=C(\C(=O)NC1C(=O)N2C(C(=O)[O-])=C(C(CCN)Sc3nnn[nH]3)CS[C@@H]12)c1ccco1.[Na+]. The van der Waals surface area contributed by atoms with Gasteiger partial charge in [0.2, 0.25) is 10.9 Å². The quantitative estimate of drug-likeness (QED) is 0.0869. The van der Waals surface area contributed by atoms with E-state index in [4.69, 9.17) is 15.0 Å². The number of furan rings is 1. The van der Waals surface area contributed by atoms with E-state index in [1.54, 1.807) is 6.07 Å². The molecule has 2 aliphatic heterocycles. The van der Waals surface area contributed by atoms with E-state index in [-0.39, 0.29) is 59.0 Å². The minimum Gasteiger partial charge on any atom is -0.543 e. The number of carbonyl (C=O) groups excluding carboxylic acids is 3. The molecule has 17 heteroatoms. The van der Waals surface area contributed by atoms with Gasteiger partial charge in [-0.15, -0.1) is 16.9 Å². The molecule has 2 aliphatic rings. The number of tetrazole rings is 1. The van der Waals surface area contributed by atoms with Crippen LogP contribution in [0.5, 0.6) is 0 Å². The molecule has 0 spiro atoms. The van der Waals surface area contributed by atoms with E-state index in [9.17, 15) is 19.5 Å². The molecule has 14 nitrogen and oxygen atoms in total. The fourth-order valence-electron chi connectivity index (χ4n) is 3.58. The third-order valence-electron chi connectivity index (χ3n) is 5.03. The van der Waals surface area contributed by atoms with Crippen LogP contribution in [0, 0.1) is 0 Å². The normalized spacial score (nSPS) is 20.5. The molecule has 4 heterocycles. The van der Waals surface area contributed by atoms with E-state index < -0.39 is 34.4 Å². The van der Waals surface area contributed by atoms with Crippen molar-refractivity contribution >= 4 is 47.0 Å². The molecule has 0 bridgehead atoms. The van der Waals surface area contributed by atoms with Crippen LogP contribution in [0.1, 0.15) is 12.2 Å². The van der Waals surface area contributed by atoms with Crippen molar-refractivity contribution in [3.8, 4) is 0 Å². The number of aliphatic carboxylic acids is 1. The van der Waals surface area contributed by atoms with Crippen molar-refractivity contribution in [3.05, 3.63) is 35.4 Å². The van der Waals surface area contributed by atoms with Crippen LogP contribution in [0.15, 0.2) is 44.4 Å². The number of nitrogens with two attached hydrogens (primary N) is 1. The number of carbonyl (C=O) groups is 3. The molecule has 180 valence electrons. The van der Waals surface area contributed by atoms with Gasteiger partial charge in [0.15, 0.2) is 5.76 Å². The summed E-state index contributed by atoms with van der Waals surface area (Å²) in [6.45, 7) is 0.276. The number of rotatable bonds is 10. The van der Waals surface area contributed by atoms with Gasteiger partial charge in [-0.1, -0.05) is 16.9 Å². The van der Waals surface area contributed by atoms with Crippen molar-refractivity contribution in [3.63, 3.8) is 0 Å². The Labute approximate surface area is 229 Å². The first-order valence-electron chi connectivity index (χ1n) is 9.91. The maximum absolute atomic E-state index is 13.0. The van der Waals surface area contributed by atoms with E-state index in [1.165, 1.54) is 43.0 Å².